The molecule has 1 aromatic carbocycles. The number of nitrogens with one attached hydrogen (secondary N) is 1. The minimum atomic E-state index is -3.79. The van der Waals surface area contributed by atoms with Crippen LogP contribution in [0.25, 0.3) is 0 Å². The normalized spacial score (nSPS) is 18.2. The Morgan fingerprint density at radius 2 is 1.94 bits per heavy atom. The first kappa shape index (κ1) is 22.5. The molecule has 1 saturated heterocycles. The van der Waals surface area contributed by atoms with E-state index in [1.807, 2.05) is 0 Å². The highest BCUT2D eigenvalue weighted by Crippen LogP contribution is 2.35. The van der Waals surface area contributed by atoms with E-state index in [-0.39, 0.29) is 28.9 Å². The summed E-state index contributed by atoms with van der Waals surface area (Å²) in [6, 6.07) is 7.95. The molecule has 2 aliphatic rings. The van der Waals surface area contributed by atoms with Crippen LogP contribution in [0.1, 0.15) is 36.0 Å². The molecule has 166 valence electrons. The number of anilines is 1. The van der Waals surface area contributed by atoms with Crippen molar-refractivity contribution in [2.45, 2.75) is 40.9 Å². The van der Waals surface area contributed by atoms with Gasteiger partial charge in [0.2, 0.25) is 10.0 Å². The monoisotopic (exact) mass is 481 g/mol. The fraction of sp³-hybridized carbons (Fsp3) is 0.429. The largest absolute Gasteiger partial charge is 0.379 e. The SMILES string of the molecule is O=C(Nc1ccc(Cl)c(S(=O)(=O)N2CCOCC2)c1)c1cccnc1SC1CCCC1. The van der Waals surface area contributed by atoms with Gasteiger partial charge in [-0.3, -0.25) is 4.79 Å². The van der Waals surface area contributed by atoms with E-state index >= 15 is 0 Å². The predicted molar refractivity (Wildman–Crippen MR) is 121 cm³/mol. The average Bonchev–Trinajstić information content (AvgIpc) is 3.29. The van der Waals surface area contributed by atoms with Crippen molar-refractivity contribution in [2.24, 2.45) is 0 Å². The number of carbonyl (C=O) groups is 1. The van der Waals surface area contributed by atoms with Crippen LogP contribution in [0.15, 0.2) is 46.5 Å². The van der Waals surface area contributed by atoms with Gasteiger partial charge in [-0.05, 0) is 43.2 Å². The topological polar surface area (TPSA) is 88.6 Å². The third kappa shape index (κ3) is 5.23. The van der Waals surface area contributed by atoms with Crippen molar-refractivity contribution in [2.75, 3.05) is 31.6 Å². The van der Waals surface area contributed by atoms with Gasteiger partial charge in [0.15, 0.2) is 0 Å². The van der Waals surface area contributed by atoms with Gasteiger partial charge in [0.05, 0.1) is 23.8 Å². The van der Waals surface area contributed by atoms with Crippen LogP contribution < -0.4 is 5.32 Å². The maximum absolute atomic E-state index is 13.0. The Balaban J connectivity index is 1.55. The standard InChI is InChI=1S/C21H24ClN3O4S2/c22-18-8-7-15(14-19(18)31(27,28)25-10-12-29-13-11-25)24-20(26)17-6-3-9-23-21(17)30-16-4-1-2-5-16/h3,6-9,14,16H,1-2,4-5,10-13H2,(H,24,26). The van der Waals surface area contributed by atoms with Crippen molar-refractivity contribution in [1.29, 1.82) is 0 Å². The number of carbonyl (C=O) groups excluding carboxylic acids is 1. The van der Waals surface area contributed by atoms with Crippen LogP contribution >= 0.6 is 23.4 Å². The molecule has 1 aliphatic heterocycles. The van der Waals surface area contributed by atoms with Crippen molar-refractivity contribution in [3.8, 4) is 0 Å². The van der Waals surface area contributed by atoms with E-state index in [0.717, 1.165) is 12.8 Å². The highest BCUT2D eigenvalue weighted by Gasteiger charge is 2.29. The maximum atomic E-state index is 13.0. The summed E-state index contributed by atoms with van der Waals surface area (Å²) in [5.41, 5.74) is 0.842. The molecule has 0 atom stereocenters. The molecule has 1 aromatic heterocycles. The highest BCUT2D eigenvalue weighted by molar-refractivity contribution is 8.00. The van der Waals surface area contributed by atoms with Crippen LogP contribution in [-0.2, 0) is 14.8 Å². The van der Waals surface area contributed by atoms with E-state index in [9.17, 15) is 13.2 Å². The predicted octanol–water partition coefficient (Wildman–Crippen LogP) is 4.04. The van der Waals surface area contributed by atoms with E-state index in [4.69, 9.17) is 16.3 Å². The second-order valence-electron chi connectivity index (χ2n) is 7.50. The number of hydrogen-bond acceptors (Lipinski definition) is 6. The summed E-state index contributed by atoms with van der Waals surface area (Å²) in [7, 11) is -3.79. The Bertz CT molecular complexity index is 1050. The Morgan fingerprint density at radius 1 is 1.19 bits per heavy atom. The third-order valence-corrected chi connectivity index (χ3v) is 9.11. The molecule has 2 aromatic rings. The number of ether oxygens (including phenoxy) is 1. The van der Waals surface area contributed by atoms with Crippen LogP contribution in [0.5, 0.6) is 0 Å². The fourth-order valence-corrected chi connectivity index (χ4v) is 6.93. The van der Waals surface area contributed by atoms with Crippen LogP contribution in [-0.4, -0.2) is 55.2 Å². The number of hydrogen-bond donors (Lipinski definition) is 1. The molecule has 10 heteroatoms. The van der Waals surface area contributed by atoms with Crippen molar-refractivity contribution in [3.05, 3.63) is 47.1 Å². The first-order valence-corrected chi connectivity index (χ1v) is 13.0. The van der Waals surface area contributed by atoms with Gasteiger partial charge in [-0.15, -0.1) is 11.8 Å². The molecule has 0 spiro atoms. The van der Waals surface area contributed by atoms with Gasteiger partial charge >= 0.3 is 0 Å². The lowest BCUT2D eigenvalue weighted by Gasteiger charge is -2.26. The number of pyridine rings is 1. The highest BCUT2D eigenvalue weighted by atomic mass is 35.5. The van der Waals surface area contributed by atoms with Crippen LogP contribution in [0.2, 0.25) is 5.02 Å². The Morgan fingerprint density at radius 3 is 2.68 bits per heavy atom. The second kappa shape index (κ2) is 9.87. The van der Waals surface area contributed by atoms with E-state index in [2.05, 4.69) is 10.3 Å². The van der Waals surface area contributed by atoms with E-state index in [0.29, 0.717) is 34.7 Å². The lowest BCUT2D eigenvalue weighted by atomic mass is 10.2. The summed E-state index contributed by atoms with van der Waals surface area (Å²) in [5, 5.41) is 4.09. The molecule has 2 fully saturated rings. The zero-order valence-electron chi connectivity index (χ0n) is 16.9. The lowest BCUT2D eigenvalue weighted by molar-refractivity contribution is 0.0730. The molecule has 1 aliphatic carbocycles. The minimum absolute atomic E-state index is 0.0272. The number of nitrogens with zero attached hydrogens (tertiary/aromatic N) is 2. The van der Waals surface area contributed by atoms with Crippen LogP contribution in [0.4, 0.5) is 5.69 Å². The number of sulfonamides is 1. The zero-order valence-corrected chi connectivity index (χ0v) is 19.3. The number of thioether (sulfide) groups is 1. The fourth-order valence-electron chi connectivity index (χ4n) is 3.72. The Kier molecular flexibility index (Phi) is 7.18. The average molecular weight is 482 g/mol. The molecule has 2 heterocycles. The second-order valence-corrected chi connectivity index (χ2v) is 11.1. The number of rotatable bonds is 6. The summed E-state index contributed by atoms with van der Waals surface area (Å²) in [4.78, 5) is 17.4. The molecule has 0 unspecified atom stereocenters. The van der Waals surface area contributed by atoms with Crippen molar-refractivity contribution in [1.82, 2.24) is 9.29 Å². The number of aromatic nitrogens is 1. The quantitative estimate of drug-likeness (QED) is 0.669. The molecule has 1 saturated carbocycles. The van der Waals surface area contributed by atoms with Gasteiger partial charge in [-0.2, -0.15) is 4.31 Å². The summed E-state index contributed by atoms with van der Waals surface area (Å²) >= 11 is 7.85. The van der Waals surface area contributed by atoms with Crippen LogP contribution in [0, 0.1) is 0 Å². The number of benzene rings is 1. The van der Waals surface area contributed by atoms with Gasteiger partial charge < -0.3 is 10.1 Å². The zero-order chi connectivity index (χ0) is 21.8. The summed E-state index contributed by atoms with van der Waals surface area (Å²) in [5.74, 6) is -0.328. The van der Waals surface area contributed by atoms with E-state index in [1.54, 1.807) is 36.2 Å². The molecule has 4 rings (SSSR count). The van der Waals surface area contributed by atoms with Crippen molar-refractivity contribution < 1.29 is 17.9 Å². The van der Waals surface area contributed by atoms with E-state index < -0.39 is 10.0 Å². The Hall–Kier alpha value is -1.65. The third-order valence-electron chi connectivity index (χ3n) is 5.37. The molecule has 0 radical (unpaired) electrons. The number of amides is 1. The van der Waals surface area contributed by atoms with Crippen molar-refractivity contribution >= 4 is 45.0 Å². The van der Waals surface area contributed by atoms with Crippen molar-refractivity contribution in [3.63, 3.8) is 0 Å². The molecule has 31 heavy (non-hydrogen) atoms. The van der Waals surface area contributed by atoms with Gasteiger partial charge in [-0.25, -0.2) is 13.4 Å². The number of halogens is 1. The van der Waals surface area contributed by atoms with Gasteiger partial charge in [0, 0.05) is 30.2 Å². The first-order valence-electron chi connectivity index (χ1n) is 10.3. The first-order chi connectivity index (χ1) is 14.9. The number of morpholine rings is 1. The molecule has 0 bridgehead atoms. The smallest absolute Gasteiger partial charge is 0.258 e. The molecule has 7 nitrogen and oxygen atoms in total. The lowest BCUT2D eigenvalue weighted by Crippen LogP contribution is -2.40. The molecular formula is C21H24ClN3O4S2. The van der Waals surface area contributed by atoms with Gasteiger partial charge in [0.1, 0.15) is 9.92 Å². The summed E-state index contributed by atoms with van der Waals surface area (Å²) in [6.45, 7) is 1.23. The molecule has 1 amide bonds. The minimum Gasteiger partial charge on any atom is -0.379 e. The summed E-state index contributed by atoms with van der Waals surface area (Å²) < 4.78 is 32.6. The maximum Gasteiger partial charge on any atom is 0.258 e. The molecular weight excluding hydrogens is 458 g/mol. The Labute approximate surface area is 191 Å². The van der Waals surface area contributed by atoms with Gasteiger partial charge in [-0.1, -0.05) is 24.4 Å². The van der Waals surface area contributed by atoms with E-state index in [1.165, 1.54) is 29.3 Å². The molecule has 1 N–H and O–H groups in total. The van der Waals surface area contributed by atoms with Gasteiger partial charge in [0.25, 0.3) is 5.91 Å². The summed E-state index contributed by atoms with van der Waals surface area (Å²) in [6.07, 6.45) is 6.35. The van der Waals surface area contributed by atoms with Crippen LogP contribution in [0.3, 0.4) is 0 Å².